The number of amides is 1. The number of aromatic nitrogens is 1. The lowest BCUT2D eigenvalue weighted by molar-refractivity contribution is -0.117. The highest BCUT2D eigenvalue weighted by Gasteiger charge is 2.06. The largest absolute Gasteiger partial charge is 0.497 e. The van der Waals surface area contributed by atoms with Gasteiger partial charge in [0, 0.05) is 24.5 Å². The number of unbranched alkanes of at least 4 members (excludes halogenated alkanes) is 5. The Morgan fingerprint density at radius 1 is 1.06 bits per heavy atom. The number of rotatable bonds is 16. The van der Waals surface area contributed by atoms with Crippen molar-refractivity contribution in [3.8, 4) is 5.75 Å². The van der Waals surface area contributed by atoms with E-state index in [0.717, 1.165) is 37.9 Å². The van der Waals surface area contributed by atoms with Crippen molar-refractivity contribution in [2.75, 3.05) is 7.11 Å². The first kappa shape index (κ1) is 27.4. The van der Waals surface area contributed by atoms with Crippen LogP contribution in [0.25, 0.3) is 5.57 Å². The Morgan fingerprint density at radius 3 is 2.53 bits per heavy atom. The second kappa shape index (κ2) is 16.7. The predicted octanol–water partition coefficient (Wildman–Crippen LogP) is 7.31. The van der Waals surface area contributed by atoms with Crippen LogP contribution >= 0.6 is 0 Å². The smallest absolute Gasteiger partial charge is 0.244 e. The van der Waals surface area contributed by atoms with Gasteiger partial charge in [-0.05, 0) is 73.9 Å². The maximum absolute atomic E-state index is 12.4. The molecule has 0 aliphatic heterocycles. The van der Waals surface area contributed by atoms with Gasteiger partial charge in [0.15, 0.2) is 0 Å². The van der Waals surface area contributed by atoms with E-state index in [1.54, 1.807) is 19.4 Å². The molecule has 2 aromatic rings. The topological polar surface area (TPSA) is 51.2 Å². The fourth-order valence-electron chi connectivity index (χ4n) is 4.00. The number of allylic oxidation sites excluding steroid dienone is 3. The second-order valence-electron chi connectivity index (χ2n) is 8.96. The van der Waals surface area contributed by atoms with Crippen molar-refractivity contribution in [2.24, 2.45) is 0 Å². The summed E-state index contributed by atoms with van der Waals surface area (Å²) in [4.78, 5) is 16.5. The second-order valence-corrected chi connectivity index (χ2v) is 8.96. The number of hydrogen-bond acceptors (Lipinski definition) is 3. The van der Waals surface area contributed by atoms with E-state index in [9.17, 15) is 4.79 Å². The average Bonchev–Trinajstić information content (AvgIpc) is 2.85. The summed E-state index contributed by atoms with van der Waals surface area (Å²) in [6, 6.07) is 12.4. The van der Waals surface area contributed by atoms with Gasteiger partial charge in [0.2, 0.25) is 5.91 Å². The number of ether oxygens (including phenoxy) is 1. The van der Waals surface area contributed by atoms with Crippen LogP contribution in [0.3, 0.4) is 0 Å². The lowest BCUT2D eigenvalue weighted by Gasteiger charge is -2.12. The van der Waals surface area contributed by atoms with Gasteiger partial charge in [0.05, 0.1) is 7.11 Å². The zero-order chi connectivity index (χ0) is 24.4. The number of methoxy groups -OCH3 is 1. The standard InChI is InChI=1S/C30H42N2O2/c1-4-5-6-7-8-9-16-27(28-19-21-29(34-3)22-20-28)17-11-18-30(33)32-25(2)13-10-14-26-15-12-23-31-24-26/h11-12,15,17-25H,4-10,13-14,16H2,1-3H3,(H,32,33)/t25-/m1/s1. The van der Waals surface area contributed by atoms with Gasteiger partial charge in [-0.2, -0.15) is 0 Å². The highest BCUT2D eigenvalue weighted by Crippen LogP contribution is 2.24. The van der Waals surface area contributed by atoms with Crippen molar-refractivity contribution in [1.82, 2.24) is 10.3 Å². The van der Waals surface area contributed by atoms with Crippen molar-refractivity contribution in [1.29, 1.82) is 0 Å². The maximum atomic E-state index is 12.4. The van der Waals surface area contributed by atoms with Crippen molar-refractivity contribution < 1.29 is 9.53 Å². The number of aryl methyl sites for hydroxylation is 1. The molecular formula is C30H42N2O2. The van der Waals surface area contributed by atoms with E-state index in [0.29, 0.717) is 0 Å². The van der Waals surface area contributed by atoms with Crippen molar-refractivity contribution >= 4 is 11.5 Å². The van der Waals surface area contributed by atoms with E-state index in [-0.39, 0.29) is 11.9 Å². The highest BCUT2D eigenvalue weighted by molar-refractivity contribution is 5.88. The Hall–Kier alpha value is -2.88. The van der Waals surface area contributed by atoms with Crippen LogP contribution < -0.4 is 10.1 Å². The Labute approximate surface area is 206 Å². The van der Waals surface area contributed by atoms with Gasteiger partial charge in [-0.15, -0.1) is 0 Å². The van der Waals surface area contributed by atoms with Gasteiger partial charge in [-0.1, -0.05) is 69.4 Å². The molecule has 4 heteroatoms. The molecule has 0 saturated carbocycles. The summed E-state index contributed by atoms with van der Waals surface area (Å²) in [5.41, 5.74) is 3.68. The third kappa shape index (κ3) is 11.3. The van der Waals surface area contributed by atoms with Gasteiger partial charge in [-0.3, -0.25) is 9.78 Å². The zero-order valence-corrected chi connectivity index (χ0v) is 21.3. The molecular weight excluding hydrogens is 420 g/mol. The Kier molecular flexibility index (Phi) is 13.4. The quantitative estimate of drug-likeness (QED) is 0.162. The molecule has 184 valence electrons. The SMILES string of the molecule is CCCCCCCCC(=CC=CC(=O)N[C@H](C)CCCc1cccnc1)c1ccc(OC)cc1. The first-order valence-corrected chi connectivity index (χ1v) is 12.8. The Bertz CT molecular complexity index is 872. The molecule has 0 aliphatic rings. The molecule has 0 bridgehead atoms. The normalized spacial score (nSPS) is 12.6. The number of nitrogens with zero attached hydrogens (tertiary/aromatic N) is 1. The van der Waals surface area contributed by atoms with E-state index < -0.39 is 0 Å². The first-order valence-electron chi connectivity index (χ1n) is 12.8. The highest BCUT2D eigenvalue weighted by atomic mass is 16.5. The number of nitrogens with one attached hydrogen (secondary N) is 1. The molecule has 2 rings (SSSR count). The molecule has 1 N–H and O–H groups in total. The van der Waals surface area contributed by atoms with E-state index in [1.165, 1.54) is 48.8 Å². The fourth-order valence-corrected chi connectivity index (χ4v) is 4.00. The van der Waals surface area contributed by atoms with Crippen LogP contribution in [0.5, 0.6) is 5.75 Å². The summed E-state index contributed by atoms with van der Waals surface area (Å²) in [5, 5.41) is 3.08. The molecule has 0 aliphatic carbocycles. The van der Waals surface area contributed by atoms with Gasteiger partial charge in [-0.25, -0.2) is 0 Å². The van der Waals surface area contributed by atoms with Crippen molar-refractivity contribution in [2.45, 2.75) is 84.1 Å². The van der Waals surface area contributed by atoms with Crippen molar-refractivity contribution in [3.05, 3.63) is 78.1 Å². The monoisotopic (exact) mass is 462 g/mol. The third-order valence-corrected chi connectivity index (χ3v) is 6.02. The maximum Gasteiger partial charge on any atom is 0.244 e. The summed E-state index contributed by atoms with van der Waals surface area (Å²) < 4.78 is 5.30. The van der Waals surface area contributed by atoms with E-state index in [2.05, 4.69) is 48.4 Å². The summed E-state index contributed by atoms with van der Waals surface area (Å²) in [6.45, 7) is 4.31. The van der Waals surface area contributed by atoms with Crippen LogP contribution in [0, 0.1) is 0 Å². The van der Waals surface area contributed by atoms with Gasteiger partial charge in [0.25, 0.3) is 0 Å². The molecule has 1 heterocycles. The minimum absolute atomic E-state index is 0.0428. The first-order chi connectivity index (χ1) is 16.6. The van der Waals surface area contributed by atoms with Gasteiger partial charge < -0.3 is 10.1 Å². The van der Waals surface area contributed by atoms with Crippen LogP contribution in [-0.2, 0) is 11.2 Å². The van der Waals surface area contributed by atoms with E-state index in [1.807, 2.05) is 30.5 Å². The minimum atomic E-state index is -0.0428. The molecule has 0 saturated heterocycles. The third-order valence-electron chi connectivity index (χ3n) is 6.02. The molecule has 4 nitrogen and oxygen atoms in total. The molecule has 0 spiro atoms. The zero-order valence-electron chi connectivity index (χ0n) is 21.3. The average molecular weight is 463 g/mol. The Balaban J connectivity index is 1.86. The van der Waals surface area contributed by atoms with Crippen LogP contribution in [0.2, 0.25) is 0 Å². The molecule has 34 heavy (non-hydrogen) atoms. The van der Waals surface area contributed by atoms with Gasteiger partial charge in [0.1, 0.15) is 5.75 Å². The molecule has 1 amide bonds. The number of carbonyl (C=O) groups excluding carboxylic acids is 1. The minimum Gasteiger partial charge on any atom is -0.497 e. The number of pyridine rings is 1. The van der Waals surface area contributed by atoms with Crippen LogP contribution in [0.15, 0.2) is 67.0 Å². The number of hydrogen-bond donors (Lipinski definition) is 1. The fraction of sp³-hybridized carbons (Fsp3) is 0.467. The summed E-state index contributed by atoms with van der Waals surface area (Å²) >= 11 is 0. The van der Waals surface area contributed by atoms with Crippen LogP contribution in [0.4, 0.5) is 0 Å². The van der Waals surface area contributed by atoms with Crippen LogP contribution in [0.1, 0.15) is 82.8 Å². The molecule has 0 fully saturated rings. The lowest BCUT2D eigenvalue weighted by Crippen LogP contribution is -2.31. The molecule has 0 unspecified atom stereocenters. The van der Waals surface area contributed by atoms with Crippen molar-refractivity contribution in [3.63, 3.8) is 0 Å². The van der Waals surface area contributed by atoms with Crippen LogP contribution in [-0.4, -0.2) is 24.0 Å². The summed E-state index contributed by atoms with van der Waals surface area (Å²) in [6.07, 6.45) is 20.9. The lowest BCUT2D eigenvalue weighted by atomic mass is 9.98. The number of benzene rings is 1. The molecule has 1 aromatic heterocycles. The molecule has 1 atom stereocenters. The Morgan fingerprint density at radius 2 is 1.82 bits per heavy atom. The summed E-state index contributed by atoms with van der Waals surface area (Å²) in [7, 11) is 1.68. The molecule has 1 aromatic carbocycles. The van der Waals surface area contributed by atoms with E-state index in [4.69, 9.17) is 4.74 Å². The molecule has 0 radical (unpaired) electrons. The van der Waals surface area contributed by atoms with Gasteiger partial charge >= 0.3 is 0 Å². The van der Waals surface area contributed by atoms with E-state index >= 15 is 0 Å². The predicted molar refractivity (Wildman–Crippen MR) is 143 cm³/mol. The number of carbonyl (C=O) groups is 1. The summed E-state index contributed by atoms with van der Waals surface area (Å²) in [5.74, 6) is 0.814.